The molecule has 0 aliphatic heterocycles. The van der Waals surface area contributed by atoms with Crippen molar-refractivity contribution in [3.05, 3.63) is 17.0 Å². The minimum Gasteiger partial charge on any atom is -0.476 e. The lowest BCUT2D eigenvalue weighted by molar-refractivity contribution is 0.0689. The maximum atomic E-state index is 10.8. The molecule has 1 heterocycles. The number of H-pyrrole nitrogens is 1. The van der Waals surface area contributed by atoms with E-state index in [9.17, 15) is 4.79 Å². The van der Waals surface area contributed by atoms with Crippen LogP contribution in [0.1, 0.15) is 40.5 Å². The summed E-state index contributed by atoms with van der Waals surface area (Å²) in [4.78, 5) is 10.8. The van der Waals surface area contributed by atoms with Gasteiger partial charge in [0, 0.05) is 17.2 Å². The van der Waals surface area contributed by atoms with E-state index >= 15 is 0 Å². The second kappa shape index (κ2) is 2.13. The monoisotopic (exact) mass is 178 g/mol. The summed E-state index contributed by atoms with van der Waals surface area (Å²) in [5.41, 5.74) is 2.28. The molecule has 1 aromatic heterocycles. The molecule has 1 fully saturated rings. The number of aromatic nitrogens is 2. The van der Waals surface area contributed by atoms with Gasteiger partial charge in [-0.25, -0.2) is 4.79 Å². The molecule has 2 atom stereocenters. The summed E-state index contributed by atoms with van der Waals surface area (Å²) in [6.45, 7) is 0. The zero-order valence-corrected chi connectivity index (χ0v) is 7.08. The zero-order valence-electron chi connectivity index (χ0n) is 7.08. The van der Waals surface area contributed by atoms with Crippen LogP contribution in [0.15, 0.2) is 0 Å². The van der Waals surface area contributed by atoms with Crippen LogP contribution in [-0.2, 0) is 6.42 Å². The predicted octanol–water partition coefficient (Wildman–Crippen LogP) is 1.16. The van der Waals surface area contributed by atoms with Crippen LogP contribution in [0, 0.1) is 5.92 Å². The second-order valence-corrected chi connectivity index (χ2v) is 3.91. The average Bonchev–Trinajstić information content (AvgIpc) is 2.76. The second-order valence-electron chi connectivity index (χ2n) is 3.91. The minimum atomic E-state index is -0.906. The molecule has 3 rings (SSSR count). The van der Waals surface area contributed by atoms with Gasteiger partial charge < -0.3 is 5.11 Å². The van der Waals surface area contributed by atoms with Gasteiger partial charge in [0.1, 0.15) is 0 Å². The Hall–Kier alpha value is -1.32. The molecule has 2 aliphatic carbocycles. The van der Waals surface area contributed by atoms with Crippen LogP contribution in [0.25, 0.3) is 0 Å². The molecule has 0 saturated heterocycles. The number of nitrogens with zero attached hydrogens (tertiary/aromatic N) is 1. The van der Waals surface area contributed by atoms with Crippen LogP contribution in [-0.4, -0.2) is 21.3 Å². The fraction of sp³-hybridized carbons (Fsp3) is 0.556. The van der Waals surface area contributed by atoms with Crippen LogP contribution >= 0.6 is 0 Å². The highest BCUT2D eigenvalue weighted by Crippen LogP contribution is 2.54. The lowest BCUT2D eigenvalue weighted by Crippen LogP contribution is -2.05. The van der Waals surface area contributed by atoms with Crippen molar-refractivity contribution in [2.45, 2.75) is 25.2 Å². The standard InChI is InChI=1S/C9H10N2O2/c12-9(13)8-5-2-1-4-3-6(4)7(5)10-11-8/h4,6H,1-3H2,(H,10,11)(H,12,13). The topological polar surface area (TPSA) is 66.0 Å². The molecule has 1 saturated carbocycles. The summed E-state index contributed by atoms with van der Waals surface area (Å²) in [6.07, 6.45) is 3.24. The normalized spacial score (nSPS) is 29.2. The van der Waals surface area contributed by atoms with Gasteiger partial charge in [0.15, 0.2) is 5.69 Å². The zero-order chi connectivity index (χ0) is 9.00. The predicted molar refractivity (Wildman–Crippen MR) is 44.7 cm³/mol. The van der Waals surface area contributed by atoms with E-state index in [2.05, 4.69) is 10.2 Å². The van der Waals surface area contributed by atoms with Crippen molar-refractivity contribution in [2.75, 3.05) is 0 Å². The summed E-state index contributed by atoms with van der Waals surface area (Å²) in [5, 5.41) is 15.6. The largest absolute Gasteiger partial charge is 0.476 e. The number of rotatable bonds is 1. The molecule has 68 valence electrons. The Bertz CT molecular complexity index is 383. The van der Waals surface area contributed by atoms with E-state index < -0.39 is 5.97 Å². The third-order valence-electron chi connectivity index (χ3n) is 3.16. The summed E-state index contributed by atoms with van der Waals surface area (Å²) in [6, 6.07) is 0. The molecule has 2 N–H and O–H groups in total. The maximum absolute atomic E-state index is 10.8. The van der Waals surface area contributed by atoms with Gasteiger partial charge in [0.25, 0.3) is 0 Å². The van der Waals surface area contributed by atoms with Crippen LogP contribution in [0.4, 0.5) is 0 Å². The van der Waals surface area contributed by atoms with Crippen molar-refractivity contribution in [1.29, 1.82) is 0 Å². The number of carboxylic acids is 1. The van der Waals surface area contributed by atoms with Crippen molar-refractivity contribution in [2.24, 2.45) is 5.92 Å². The third kappa shape index (κ3) is 0.855. The van der Waals surface area contributed by atoms with E-state index in [1.165, 1.54) is 6.42 Å². The fourth-order valence-corrected chi connectivity index (χ4v) is 2.37. The number of nitrogens with one attached hydrogen (secondary N) is 1. The molecule has 0 aromatic carbocycles. The maximum Gasteiger partial charge on any atom is 0.356 e. The van der Waals surface area contributed by atoms with E-state index in [0.717, 1.165) is 30.0 Å². The van der Waals surface area contributed by atoms with Gasteiger partial charge in [-0.3, -0.25) is 5.10 Å². The van der Waals surface area contributed by atoms with Gasteiger partial charge in [-0.15, -0.1) is 0 Å². The van der Waals surface area contributed by atoms with E-state index in [1.807, 2.05) is 0 Å². The Balaban J connectivity index is 2.11. The summed E-state index contributed by atoms with van der Waals surface area (Å²) >= 11 is 0. The van der Waals surface area contributed by atoms with Crippen molar-refractivity contribution in [3.63, 3.8) is 0 Å². The Morgan fingerprint density at radius 1 is 1.62 bits per heavy atom. The first-order chi connectivity index (χ1) is 6.27. The highest BCUT2D eigenvalue weighted by atomic mass is 16.4. The van der Waals surface area contributed by atoms with E-state index in [-0.39, 0.29) is 5.69 Å². The van der Waals surface area contributed by atoms with Crippen LogP contribution in [0.2, 0.25) is 0 Å². The summed E-state index contributed by atoms with van der Waals surface area (Å²) in [5.74, 6) is 0.482. The van der Waals surface area contributed by atoms with Crippen LogP contribution < -0.4 is 0 Å². The van der Waals surface area contributed by atoms with Gasteiger partial charge >= 0.3 is 5.97 Å². The number of aromatic amines is 1. The molecule has 2 unspecified atom stereocenters. The first-order valence-corrected chi connectivity index (χ1v) is 4.58. The quantitative estimate of drug-likeness (QED) is 0.678. The summed E-state index contributed by atoms with van der Waals surface area (Å²) in [7, 11) is 0. The highest BCUT2D eigenvalue weighted by Gasteiger charge is 2.44. The van der Waals surface area contributed by atoms with Crippen molar-refractivity contribution >= 4 is 5.97 Å². The molecule has 4 heteroatoms. The van der Waals surface area contributed by atoms with E-state index in [0.29, 0.717) is 5.92 Å². The van der Waals surface area contributed by atoms with Gasteiger partial charge in [0.05, 0.1) is 0 Å². The molecule has 0 radical (unpaired) electrons. The molecule has 0 bridgehead atoms. The molecule has 4 nitrogen and oxygen atoms in total. The highest BCUT2D eigenvalue weighted by molar-refractivity contribution is 5.87. The Morgan fingerprint density at radius 3 is 3.23 bits per heavy atom. The van der Waals surface area contributed by atoms with Crippen molar-refractivity contribution < 1.29 is 9.90 Å². The van der Waals surface area contributed by atoms with Gasteiger partial charge in [-0.05, 0) is 25.2 Å². The lowest BCUT2D eigenvalue weighted by Gasteiger charge is -2.08. The molecular weight excluding hydrogens is 168 g/mol. The third-order valence-corrected chi connectivity index (χ3v) is 3.16. The Kier molecular flexibility index (Phi) is 1.17. The number of aromatic carboxylic acids is 1. The number of carboxylic acid groups (broad SMARTS) is 1. The smallest absolute Gasteiger partial charge is 0.356 e. The van der Waals surface area contributed by atoms with E-state index in [4.69, 9.17) is 5.11 Å². The minimum absolute atomic E-state index is 0.236. The van der Waals surface area contributed by atoms with Gasteiger partial charge in [-0.2, -0.15) is 5.10 Å². The fourth-order valence-electron chi connectivity index (χ4n) is 2.37. The lowest BCUT2D eigenvalue weighted by atomic mass is 9.96. The number of fused-ring (bicyclic) bond motifs is 3. The number of hydrogen-bond acceptors (Lipinski definition) is 2. The molecule has 2 aliphatic rings. The number of carbonyl (C=O) groups is 1. The Morgan fingerprint density at radius 2 is 2.46 bits per heavy atom. The van der Waals surface area contributed by atoms with Gasteiger partial charge in [-0.1, -0.05) is 0 Å². The van der Waals surface area contributed by atoms with Crippen molar-refractivity contribution in [1.82, 2.24) is 10.2 Å². The van der Waals surface area contributed by atoms with Crippen LogP contribution in [0.3, 0.4) is 0 Å². The molecule has 0 spiro atoms. The first-order valence-electron chi connectivity index (χ1n) is 4.58. The molecule has 1 aromatic rings. The SMILES string of the molecule is O=C(O)c1n[nH]c2c1CCC1CC21. The Labute approximate surface area is 75.0 Å². The molecular formula is C9H10N2O2. The first kappa shape index (κ1) is 7.12. The van der Waals surface area contributed by atoms with Crippen molar-refractivity contribution in [3.8, 4) is 0 Å². The summed E-state index contributed by atoms with van der Waals surface area (Å²) < 4.78 is 0. The number of hydrogen-bond donors (Lipinski definition) is 2. The van der Waals surface area contributed by atoms with Crippen LogP contribution in [0.5, 0.6) is 0 Å². The molecule has 13 heavy (non-hydrogen) atoms. The van der Waals surface area contributed by atoms with Gasteiger partial charge in [0.2, 0.25) is 0 Å². The average molecular weight is 178 g/mol. The molecule has 0 amide bonds. The van der Waals surface area contributed by atoms with E-state index in [1.54, 1.807) is 0 Å².